The van der Waals surface area contributed by atoms with Crippen molar-refractivity contribution in [2.75, 3.05) is 0 Å². The lowest BCUT2D eigenvalue weighted by Crippen LogP contribution is -2.03. The maximum Gasteiger partial charge on any atom is 0.258 e. The van der Waals surface area contributed by atoms with E-state index in [2.05, 4.69) is 10.1 Å². The summed E-state index contributed by atoms with van der Waals surface area (Å²) in [6.45, 7) is 0. The molecule has 0 amide bonds. The SMILES string of the molecule is O=C(c1cnc2onc(-c3ccc(Cl)cc3)c2c1)c1cc(F)ccc1O. The molecule has 4 aromatic rings. The first-order chi connectivity index (χ1) is 12.5. The Hall–Kier alpha value is -3.25. The number of benzene rings is 2. The van der Waals surface area contributed by atoms with Crippen LogP contribution in [0, 0.1) is 5.82 Å². The Balaban J connectivity index is 1.82. The Labute approximate surface area is 151 Å². The molecule has 0 atom stereocenters. The largest absolute Gasteiger partial charge is 0.507 e. The minimum absolute atomic E-state index is 0.143. The molecule has 0 radical (unpaired) electrons. The van der Waals surface area contributed by atoms with E-state index in [-0.39, 0.29) is 22.6 Å². The van der Waals surface area contributed by atoms with E-state index >= 15 is 0 Å². The Kier molecular flexibility index (Phi) is 3.89. The summed E-state index contributed by atoms with van der Waals surface area (Å²) >= 11 is 5.90. The van der Waals surface area contributed by atoms with Gasteiger partial charge < -0.3 is 9.63 Å². The summed E-state index contributed by atoms with van der Waals surface area (Å²) in [7, 11) is 0. The third kappa shape index (κ3) is 2.80. The summed E-state index contributed by atoms with van der Waals surface area (Å²) in [5.41, 5.74) is 1.54. The summed E-state index contributed by atoms with van der Waals surface area (Å²) in [6, 6.07) is 11.7. The molecule has 2 aromatic carbocycles. The monoisotopic (exact) mass is 368 g/mol. The summed E-state index contributed by atoms with van der Waals surface area (Å²) in [5, 5.41) is 14.9. The van der Waals surface area contributed by atoms with Gasteiger partial charge in [-0.2, -0.15) is 0 Å². The van der Waals surface area contributed by atoms with Crippen LogP contribution in [0.2, 0.25) is 5.02 Å². The second kappa shape index (κ2) is 6.24. The van der Waals surface area contributed by atoms with E-state index < -0.39 is 11.6 Å². The van der Waals surface area contributed by atoms with Crippen LogP contribution in [-0.4, -0.2) is 21.0 Å². The Morgan fingerprint density at radius 3 is 2.65 bits per heavy atom. The van der Waals surface area contributed by atoms with Gasteiger partial charge in [-0.3, -0.25) is 4.79 Å². The highest BCUT2D eigenvalue weighted by Gasteiger charge is 2.18. The molecule has 0 aliphatic rings. The topological polar surface area (TPSA) is 76.2 Å². The number of pyridine rings is 1. The lowest BCUT2D eigenvalue weighted by atomic mass is 10.0. The van der Waals surface area contributed by atoms with Crippen LogP contribution in [0.3, 0.4) is 0 Å². The fourth-order valence-corrected chi connectivity index (χ4v) is 2.74. The molecule has 0 aliphatic carbocycles. The normalized spacial score (nSPS) is 11.0. The van der Waals surface area contributed by atoms with E-state index in [0.717, 1.165) is 23.8 Å². The van der Waals surface area contributed by atoms with E-state index in [1.165, 1.54) is 6.20 Å². The fraction of sp³-hybridized carbons (Fsp3) is 0. The Morgan fingerprint density at radius 1 is 1.12 bits per heavy atom. The zero-order valence-corrected chi connectivity index (χ0v) is 13.9. The van der Waals surface area contributed by atoms with Crippen molar-refractivity contribution in [3.05, 3.63) is 76.7 Å². The second-order valence-corrected chi connectivity index (χ2v) is 6.04. The molecule has 0 fully saturated rings. The van der Waals surface area contributed by atoms with Crippen LogP contribution < -0.4 is 0 Å². The van der Waals surface area contributed by atoms with Crippen molar-refractivity contribution in [2.45, 2.75) is 0 Å². The number of aromatic hydroxyl groups is 1. The number of phenols is 1. The lowest BCUT2D eigenvalue weighted by Gasteiger charge is -2.04. The van der Waals surface area contributed by atoms with Gasteiger partial charge in [-0.1, -0.05) is 28.9 Å². The molecule has 5 nitrogen and oxygen atoms in total. The maximum absolute atomic E-state index is 13.4. The number of hydrogen-bond acceptors (Lipinski definition) is 5. The number of carbonyl (C=O) groups excluding carboxylic acids is 1. The summed E-state index contributed by atoms with van der Waals surface area (Å²) in [6.07, 6.45) is 1.30. The molecule has 0 saturated carbocycles. The highest BCUT2D eigenvalue weighted by atomic mass is 35.5. The number of ketones is 1. The van der Waals surface area contributed by atoms with Crippen LogP contribution in [-0.2, 0) is 0 Å². The second-order valence-electron chi connectivity index (χ2n) is 5.61. The molecule has 2 aromatic heterocycles. The molecule has 0 saturated heterocycles. The van der Waals surface area contributed by atoms with Crippen LogP contribution in [0.4, 0.5) is 4.39 Å². The first kappa shape index (κ1) is 16.2. The predicted molar refractivity (Wildman–Crippen MR) is 93.7 cm³/mol. The predicted octanol–water partition coefficient (Wildman–Crippen LogP) is 4.62. The quantitative estimate of drug-likeness (QED) is 0.534. The van der Waals surface area contributed by atoms with Gasteiger partial charge in [0.15, 0.2) is 5.78 Å². The third-order valence-corrected chi connectivity index (χ3v) is 4.16. The van der Waals surface area contributed by atoms with Gasteiger partial charge in [-0.25, -0.2) is 9.37 Å². The standard InChI is InChI=1S/C19H10ClFN2O3/c20-12-3-1-10(2-4-12)17-15-7-11(9-22-19(15)26-23-17)18(25)14-8-13(21)5-6-16(14)24/h1-9,24H. The van der Waals surface area contributed by atoms with Gasteiger partial charge in [-0.15, -0.1) is 0 Å². The number of nitrogens with zero attached hydrogens (tertiary/aromatic N) is 2. The average Bonchev–Trinajstić information content (AvgIpc) is 3.07. The van der Waals surface area contributed by atoms with Crippen molar-refractivity contribution in [2.24, 2.45) is 0 Å². The minimum Gasteiger partial charge on any atom is -0.507 e. The van der Waals surface area contributed by atoms with Crippen molar-refractivity contribution in [3.8, 4) is 17.0 Å². The highest BCUT2D eigenvalue weighted by Crippen LogP contribution is 2.29. The first-order valence-electron chi connectivity index (χ1n) is 7.57. The number of halogens is 2. The number of fused-ring (bicyclic) bond motifs is 1. The number of phenolic OH excluding ortho intramolecular Hbond substituents is 1. The van der Waals surface area contributed by atoms with E-state index in [1.54, 1.807) is 30.3 Å². The third-order valence-electron chi connectivity index (χ3n) is 3.91. The number of carbonyl (C=O) groups is 1. The van der Waals surface area contributed by atoms with Gasteiger partial charge >= 0.3 is 0 Å². The minimum atomic E-state index is -0.619. The Bertz CT molecular complexity index is 1140. The number of rotatable bonds is 3. The van der Waals surface area contributed by atoms with Crippen molar-refractivity contribution in [1.82, 2.24) is 10.1 Å². The van der Waals surface area contributed by atoms with Gasteiger partial charge in [0.1, 0.15) is 17.3 Å². The molecular formula is C19H10ClFN2O3. The van der Waals surface area contributed by atoms with E-state index in [0.29, 0.717) is 16.1 Å². The van der Waals surface area contributed by atoms with Gasteiger partial charge in [0, 0.05) is 22.3 Å². The van der Waals surface area contributed by atoms with Gasteiger partial charge in [-0.05, 0) is 36.4 Å². The molecule has 128 valence electrons. The molecule has 1 N–H and O–H groups in total. The molecule has 0 unspecified atom stereocenters. The number of aromatic nitrogens is 2. The van der Waals surface area contributed by atoms with Gasteiger partial charge in [0.25, 0.3) is 5.71 Å². The van der Waals surface area contributed by atoms with Crippen molar-refractivity contribution >= 4 is 28.5 Å². The summed E-state index contributed by atoms with van der Waals surface area (Å²) in [4.78, 5) is 16.7. The van der Waals surface area contributed by atoms with Crippen molar-refractivity contribution < 1.29 is 18.8 Å². The smallest absolute Gasteiger partial charge is 0.258 e. The molecule has 7 heteroatoms. The van der Waals surface area contributed by atoms with Crippen molar-refractivity contribution in [1.29, 1.82) is 0 Å². The van der Waals surface area contributed by atoms with Crippen molar-refractivity contribution in [3.63, 3.8) is 0 Å². The van der Waals surface area contributed by atoms with Gasteiger partial charge in [0.2, 0.25) is 0 Å². The summed E-state index contributed by atoms with van der Waals surface area (Å²) < 4.78 is 18.6. The Morgan fingerprint density at radius 2 is 1.88 bits per heavy atom. The molecule has 4 rings (SSSR count). The van der Waals surface area contributed by atoms with Gasteiger partial charge in [0.05, 0.1) is 10.9 Å². The van der Waals surface area contributed by atoms with E-state index in [4.69, 9.17) is 16.1 Å². The zero-order valence-electron chi connectivity index (χ0n) is 13.1. The maximum atomic E-state index is 13.4. The molecular weight excluding hydrogens is 359 g/mol. The van der Waals surface area contributed by atoms with E-state index in [1.807, 2.05) is 0 Å². The highest BCUT2D eigenvalue weighted by molar-refractivity contribution is 6.30. The summed E-state index contributed by atoms with van der Waals surface area (Å²) in [5.74, 6) is -1.48. The fourth-order valence-electron chi connectivity index (χ4n) is 2.62. The van der Waals surface area contributed by atoms with Crippen LogP contribution in [0.5, 0.6) is 5.75 Å². The number of hydrogen-bond donors (Lipinski definition) is 1. The lowest BCUT2D eigenvalue weighted by molar-refractivity contribution is 0.103. The first-order valence-corrected chi connectivity index (χ1v) is 7.95. The molecule has 0 aliphatic heterocycles. The van der Waals surface area contributed by atoms with Crippen LogP contribution in [0.25, 0.3) is 22.4 Å². The molecule has 0 bridgehead atoms. The molecule has 26 heavy (non-hydrogen) atoms. The van der Waals surface area contributed by atoms with Crippen LogP contribution in [0.1, 0.15) is 15.9 Å². The van der Waals surface area contributed by atoms with Crippen LogP contribution in [0.15, 0.2) is 59.3 Å². The molecule has 0 spiro atoms. The average molecular weight is 369 g/mol. The van der Waals surface area contributed by atoms with Crippen LogP contribution >= 0.6 is 11.6 Å². The zero-order chi connectivity index (χ0) is 18.3. The molecule has 2 heterocycles. The van der Waals surface area contributed by atoms with E-state index in [9.17, 15) is 14.3 Å².